The lowest BCUT2D eigenvalue weighted by Gasteiger charge is -2.39. The fraction of sp³-hybridized carbons (Fsp3) is 0.409. The maximum atomic E-state index is 13.5. The van der Waals surface area contributed by atoms with E-state index in [9.17, 15) is 14.7 Å². The molecule has 3 aliphatic heterocycles. The van der Waals surface area contributed by atoms with Gasteiger partial charge in [-0.05, 0) is 31.5 Å². The SMILES string of the molecule is COC12C(CO)C3=C(C(=O)C(C)=C(Nc4cccc(C)c4)C3=O)N1CC1NC12.NC(=O)O. The first kappa shape index (κ1) is 22.0. The predicted molar refractivity (Wildman–Crippen MR) is 114 cm³/mol. The minimum atomic E-state index is -1.33. The molecule has 6 N–H and O–H groups in total. The number of carbonyl (C=O) groups excluding carboxylic acids is 2. The van der Waals surface area contributed by atoms with Crippen LogP contribution in [0.2, 0.25) is 0 Å². The summed E-state index contributed by atoms with van der Waals surface area (Å²) in [7, 11) is 1.58. The van der Waals surface area contributed by atoms with Crippen LogP contribution < -0.4 is 16.4 Å². The summed E-state index contributed by atoms with van der Waals surface area (Å²) in [6.45, 7) is 3.98. The molecule has 1 aromatic carbocycles. The Kier molecular flexibility index (Phi) is 5.32. The molecule has 4 unspecified atom stereocenters. The second-order valence-corrected chi connectivity index (χ2v) is 8.31. The lowest BCUT2D eigenvalue weighted by atomic mass is 9.82. The minimum Gasteiger partial charge on any atom is -0.465 e. The normalized spacial score (nSPS) is 29.9. The maximum Gasteiger partial charge on any atom is 0.402 e. The highest BCUT2D eigenvalue weighted by Crippen LogP contribution is 2.55. The maximum absolute atomic E-state index is 13.5. The van der Waals surface area contributed by atoms with E-state index in [0.717, 1.165) is 11.3 Å². The van der Waals surface area contributed by atoms with E-state index in [1.165, 1.54) is 0 Å². The monoisotopic (exact) mass is 442 g/mol. The number of carbonyl (C=O) groups is 3. The van der Waals surface area contributed by atoms with E-state index in [1.54, 1.807) is 14.0 Å². The smallest absolute Gasteiger partial charge is 0.402 e. The van der Waals surface area contributed by atoms with Gasteiger partial charge in [0, 0.05) is 36.5 Å². The number of nitrogens with one attached hydrogen (secondary N) is 2. The summed E-state index contributed by atoms with van der Waals surface area (Å²) >= 11 is 0. The van der Waals surface area contributed by atoms with Gasteiger partial charge in [0.15, 0.2) is 5.72 Å². The second kappa shape index (κ2) is 7.73. The number of primary amides is 1. The number of fused-ring (bicyclic) bond motifs is 4. The Balaban J connectivity index is 0.000000567. The summed E-state index contributed by atoms with van der Waals surface area (Å²) in [5.41, 5.74) is 6.38. The van der Waals surface area contributed by atoms with Crippen LogP contribution in [-0.4, -0.2) is 70.8 Å². The minimum absolute atomic E-state index is 0.00865. The molecule has 4 atom stereocenters. The summed E-state index contributed by atoms with van der Waals surface area (Å²) in [6, 6.07) is 7.88. The van der Waals surface area contributed by atoms with E-state index in [2.05, 4.69) is 16.4 Å². The molecule has 4 aliphatic rings. The first-order valence-corrected chi connectivity index (χ1v) is 10.2. The number of ether oxygens (including phenoxy) is 1. The van der Waals surface area contributed by atoms with Crippen LogP contribution in [0.4, 0.5) is 10.5 Å². The Morgan fingerprint density at radius 2 is 2.03 bits per heavy atom. The lowest BCUT2D eigenvalue weighted by molar-refractivity contribution is -0.137. The largest absolute Gasteiger partial charge is 0.465 e. The molecule has 32 heavy (non-hydrogen) atoms. The average Bonchev–Trinajstić information content (AvgIpc) is 3.34. The second-order valence-electron chi connectivity index (χ2n) is 8.31. The van der Waals surface area contributed by atoms with Crippen LogP contribution >= 0.6 is 0 Å². The molecule has 0 spiro atoms. The highest BCUT2D eigenvalue weighted by molar-refractivity contribution is 6.26. The van der Waals surface area contributed by atoms with E-state index in [0.29, 0.717) is 23.4 Å². The van der Waals surface area contributed by atoms with Crippen LogP contribution in [0.15, 0.2) is 46.8 Å². The summed E-state index contributed by atoms with van der Waals surface area (Å²) in [5.74, 6) is -0.990. The van der Waals surface area contributed by atoms with Crippen molar-refractivity contribution in [3.8, 4) is 0 Å². The molecule has 1 aliphatic carbocycles. The van der Waals surface area contributed by atoms with Crippen molar-refractivity contribution in [2.24, 2.45) is 11.7 Å². The highest BCUT2D eigenvalue weighted by atomic mass is 16.5. The van der Waals surface area contributed by atoms with Gasteiger partial charge >= 0.3 is 6.09 Å². The van der Waals surface area contributed by atoms with Gasteiger partial charge in [0.05, 0.1) is 30.0 Å². The molecular formula is C22H26N4O6. The number of benzene rings is 1. The fourth-order valence-electron chi connectivity index (χ4n) is 5.16. The van der Waals surface area contributed by atoms with Gasteiger partial charge < -0.3 is 36.2 Å². The number of Topliss-reactive ketones (excluding diaryl/α,β-unsaturated/α-hetero) is 2. The molecule has 2 saturated heterocycles. The van der Waals surface area contributed by atoms with Crippen molar-refractivity contribution in [1.29, 1.82) is 0 Å². The first-order chi connectivity index (χ1) is 15.2. The third kappa shape index (κ3) is 3.10. The summed E-state index contributed by atoms with van der Waals surface area (Å²) in [4.78, 5) is 37.5. The molecule has 10 nitrogen and oxygen atoms in total. The standard InChI is InChI=1S/C21H23N3O4.CH3NO2/c1-10-5-4-6-12(7-10)22-16-11(2)18(26)17-15(19(16)27)13(9-25)21(28-3)20-14(23-20)8-24(17)21;2-1(3)4/h4-7,13-14,20,22-23,25H,8-9H2,1-3H3;2H2,(H,3,4). The van der Waals surface area contributed by atoms with Crippen molar-refractivity contribution in [3.05, 3.63) is 52.4 Å². The molecule has 170 valence electrons. The summed E-state index contributed by atoms with van der Waals surface area (Å²) in [5, 5.41) is 23.9. The number of rotatable bonds is 4. The Labute approximate surface area is 184 Å². The van der Waals surface area contributed by atoms with E-state index >= 15 is 0 Å². The molecule has 1 amide bonds. The Morgan fingerprint density at radius 1 is 1.34 bits per heavy atom. The van der Waals surface area contributed by atoms with Crippen molar-refractivity contribution in [3.63, 3.8) is 0 Å². The van der Waals surface area contributed by atoms with Crippen molar-refractivity contribution in [2.75, 3.05) is 25.6 Å². The van der Waals surface area contributed by atoms with E-state index < -0.39 is 17.7 Å². The number of allylic oxidation sites excluding steroid dienone is 2. The number of nitrogens with zero attached hydrogens (tertiary/aromatic N) is 1. The summed E-state index contributed by atoms with van der Waals surface area (Å²) < 4.78 is 5.89. The first-order valence-electron chi connectivity index (χ1n) is 10.2. The molecule has 0 bridgehead atoms. The number of hydrogen-bond donors (Lipinski definition) is 5. The van der Waals surface area contributed by atoms with Crippen LogP contribution in [0.1, 0.15) is 12.5 Å². The zero-order valence-electron chi connectivity index (χ0n) is 18.0. The van der Waals surface area contributed by atoms with Crippen molar-refractivity contribution in [1.82, 2.24) is 10.2 Å². The molecule has 0 radical (unpaired) electrons. The fourth-order valence-corrected chi connectivity index (χ4v) is 5.16. The molecule has 0 saturated carbocycles. The molecule has 0 aromatic heterocycles. The summed E-state index contributed by atoms with van der Waals surface area (Å²) in [6.07, 6.45) is -1.33. The molecule has 3 heterocycles. The van der Waals surface area contributed by atoms with Gasteiger partial charge in [-0.15, -0.1) is 0 Å². The van der Waals surface area contributed by atoms with Crippen molar-refractivity contribution < 1.29 is 29.3 Å². The quantitative estimate of drug-likeness (QED) is 0.326. The number of amides is 1. The number of methoxy groups -OCH3 is 1. The third-order valence-corrected chi connectivity index (χ3v) is 6.51. The number of hydrogen-bond acceptors (Lipinski definition) is 8. The van der Waals surface area contributed by atoms with Gasteiger partial charge in [0.1, 0.15) is 0 Å². The van der Waals surface area contributed by atoms with Gasteiger partial charge in [-0.25, -0.2) is 4.79 Å². The number of nitrogens with two attached hydrogens (primary N) is 1. The van der Waals surface area contributed by atoms with Crippen LogP contribution in [0.5, 0.6) is 0 Å². The zero-order chi connectivity index (χ0) is 23.4. The van der Waals surface area contributed by atoms with Gasteiger partial charge in [0.2, 0.25) is 11.6 Å². The van der Waals surface area contributed by atoms with Crippen LogP contribution in [0.3, 0.4) is 0 Å². The topological polar surface area (TPSA) is 164 Å². The molecule has 2 fully saturated rings. The average molecular weight is 442 g/mol. The van der Waals surface area contributed by atoms with Crippen LogP contribution in [-0.2, 0) is 14.3 Å². The Morgan fingerprint density at radius 3 is 2.62 bits per heavy atom. The van der Waals surface area contributed by atoms with Gasteiger partial charge in [0.25, 0.3) is 0 Å². The highest BCUT2D eigenvalue weighted by Gasteiger charge is 2.72. The number of aliphatic hydroxyl groups excluding tert-OH is 1. The van der Waals surface area contributed by atoms with E-state index in [-0.39, 0.29) is 36.0 Å². The predicted octanol–water partition coefficient (Wildman–Crippen LogP) is 0.331. The molecule has 10 heteroatoms. The van der Waals surface area contributed by atoms with Gasteiger partial charge in [-0.3, -0.25) is 9.59 Å². The van der Waals surface area contributed by atoms with Crippen LogP contribution in [0.25, 0.3) is 0 Å². The number of ketones is 2. The van der Waals surface area contributed by atoms with Crippen LogP contribution in [0, 0.1) is 12.8 Å². The number of piperazine rings is 1. The number of carboxylic acid groups (broad SMARTS) is 1. The van der Waals surface area contributed by atoms with Crippen molar-refractivity contribution in [2.45, 2.75) is 31.7 Å². The Bertz CT molecular complexity index is 1080. The number of aryl methyl sites for hydroxylation is 1. The molecule has 1 aromatic rings. The molecule has 5 rings (SSSR count). The number of aliphatic hydroxyl groups is 1. The molecular weight excluding hydrogens is 416 g/mol. The van der Waals surface area contributed by atoms with Gasteiger partial charge in [-0.1, -0.05) is 12.1 Å². The Hall–Kier alpha value is -3.21. The third-order valence-electron chi connectivity index (χ3n) is 6.51. The van der Waals surface area contributed by atoms with E-state index in [1.807, 2.05) is 36.1 Å². The zero-order valence-corrected chi connectivity index (χ0v) is 18.0. The lowest BCUT2D eigenvalue weighted by Crippen LogP contribution is -2.54. The van der Waals surface area contributed by atoms with Gasteiger partial charge in [-0.2, -0.15) is 0 Å². The van der Waals surface area contributed by atoms with E-state index in [4.69, 9.17) is 14.6 Å². The number of anilines is 1. The van der Waals surface area contributed by atoms with Crippen molar-refractivity contribution >= 4 is 23.3 Å².